The maximum Gasteiger partial charge on any atom is 0.414 e. The van der Waals surface area contributed by atoms with Crippen LogP contribution in [0.4, 0.5) is 14.9 Å². The van der Waals surface area contributed by atoms with E-state index in [-0.39, 0.29) is 30.4 Å². The Hall–Kier alpha value is -3.50. The molecule has 1 aliphatic heterocycles. The van der Waals surface area contributed by atoms with Gasteiger partial charge in [-0.1, -0.05) is 10.4 Å². The quantitative estimate of drug-likeness (QED) is 0.458. The molecule has 1 aliphatic rings. The highest BCUT2D eigenvalue weighted by Gasteiger charge is 2.32. The number of hydrogen-bond acceptors (Lipinski definition) is 7. The van der Waals surface area contributed by atoms with Crippen molar-refractivity contribution in [2.45, 2.75) is 13.0 Å². The number of rotatable bonds is 5. The van der Waals surface area contributed by atoms with Crippen LogP contribution in [0.2, 0.25) is 0 Å². The van der Waals surface area contributed by atoms with E-state index in [1.165, 1.54) is 34.8 Å². The molecule has 1 aromatic heterocycles. The third-order valence-electron chi connectivity index (χ3n) is 3.64. The Labute approximate surface area is 146 Å². The van der Waals surface area contributed by atoms with E-state index in [1.54, 1.807) is 6.07 Å². The zero-order valence-corrected chi connectivity index (χ0v) is 13.7. The summed E-state index contributed by atoms with van der Waals surface area (Å²) in [6.07, 6.45) is 1.32. The first-order valence-electron chi connectivity index (χ1n) is 7.60. The number of benzene rings is 1. The molecule has 2 heterocycles. The standard InChI is InChI=1S/C15H15FN6O4/c1-9(23)17-6-12-8-21(15(24)26-12)11-2-3-14(13(16)4-11)22-7-10(5-18-25)19-20-22/h2-5,7,12,25H,6,8H2,1H3,(H,17,23)/b18-5-/t12-/m0/s1. The monoisotopic (exact) mass is 362 g/mol. The van der Waals surface area contributed by atoms with Gasteiger partial charge >= 0.3 is 6.09 Å². The minimum absolute atomic E-state index is 0.112. The molecule has 2 amide bonds. The molecule has 0 spiro atoms. The molecule has 0 unspecified atom stereocenters. The first-order valence-corrected chi connectivity index (χ1v) is 7.60. The van der Waals surface area contributed by atoms with Gasteiger partial charge in [0.2, 0.25) is 5.91 Å². The number of carbonyl (C=O) groups is 2. The molecule has 1 fully saturated rings. The van der Waals surface area contributed by atoms with Crippen LogP contribution in [0.1, 0.15) is 12.6 Å². The second-order valence-corrected chi connectivity index (χ2v) is 5.52. The van der Waals surface area contributed by atoms with E-state index in [2.05, 4.69) is 20.8 Å². The largest absolute Gasteiger partial charge is 0.442 e. The van der Waals surface area contributed by atoms with Gasteiger partial charge in [0.25, 0.3) is 0 Å². The van der Waals surface area contributed by atoms with Gasteiger partial charge in [-0.25, -0.2) is 13.9 Å². The van der Waals surface area contributed by atoms with Crippen LogP contribution >= 0.6 is 0 Å². The molecule has 3 rings (SSSR count). The van der Waals surface area contributed by atoms with Crippen LogP contribution < -0.4 is 10.2 Å². The van der Waals surface area contributed by atoms with Crippen LogP contribution in [-0.4, -0.2) is 57.6 Å². The van der Waals surface area contributed by atoms with Crippen LogP contribution in [0.15, 0.2) is 29.6 Å². The number of halogens is 1. The summed E-state index contributed by atoms with van der Waals surface area (Å²) in [4.78, 5) is 24.2. The fraction of sp³-hybridized carbons (Fsp3) is 0.267. The van der Waals surface area contributed by atoms with Gasteiger partial charge in [0.15, 0.2) is 5.82 Å². The van der Waals surface area contributed by atoms with Gasteiger partial charge in [-0.2, -0.15) is 0 Å². The molecule has 10 nitrogen and oxygen atoms in total. The molecule has 2 N–H and O–H groups in total. The Morgan fingerprint density at radius 2 is 2.38 bits per heavy atom. The minimum Gasteiger partial charge on any atom is -0.442 e. The maximum absolute atomic E-state index is 14.5. The van der Waals surface area contributed by atoms with Crippen molar-refractivity contribution < 1.29 is 23.9 Å². The first-order chi connectivity index (χ1) is 12.5. The van der Waals surface area contributed by atoms with E-state index in [0.717, 1.165) is 6.21 Å². The highest BCUT2D eigenvalue weighted by molar-refractivity contribution is 5.90. The predicted molar refractivity (Wildman–Crippen MR) is 87.0 cm³/mol. The number of hydrogen-bond donors (Lipinski definition) is 2. The third kappa shape index (κ3) is 3.61. The van der Waals surface area contributed by atoms with Gasteiger partial charge in [0.1, 0.15) is 17.5 Å². The number of nitrogens with zero attached hydrogens (tertiary/aromatic N) is 5. The van der Waals surface area contributed by atoms with Crippen LogP contribution in [0.5, 0.6) is 0 Å². The molecular formula is C15H15FN6O4. The number of anilines is 1. The molecule has 0 saturated carbocycles. The molecule has 2 aromatic rings. The maximum atomic E-state index is 14.5. The number of cyclic esters (lactones) is 1. The first kappa shape index (κ1) is 17.3. The molecule has 1 aromatic carbocycles. The Kier molecular flexibility index (Phi) is 4.78. The van der Waals surface area contributed by atoms with Gasteiger partial charge in [-0.05, 0) is 18.2 Å². The van der Waals surface area contributed by atoms with E-state index in [9.17, 15) is 14.0 Å². The number of ether oxygens (including phenoxy) is 1. The zero-order chi connectivity index (χ0) is 18.7. The van der Waals surface area contributed by atoms with E-state index in [0.29, 0.717) is 5.69 Å². The molecule has 0 bridgehead atoms. The molecule has 11 heteroatoms. The normalized spacial score (nSPS) is 16.9. The zero-order valence-electron chi connectivity index (χ0n) is 13.7. The number of aromatic nitrogens is 3. The summed E-state index contributed by atoms with van der Waals surface area (Å²) in [5, 5.41) is 21.3. The summed E-state index contributed by atoms with van der Waals surface area (Å²) in [7, 11) is 0. The van der Waals surface area contributed by atoms with E-state index in [1.807, 2.05) is 0 Å². The summed E-state index contributed by atoms with van der Waals surface area (Å²) in [6, 6.07) is 4.16. The Bertz CT molecular complexity index is 868. The lowest BCUT2D eigenvalue weighted by atomic mass is 10.2. The number of amides is 2. The highest BCUT2D eigenvalue weighted by atomic mass is 19.1. The molecule has 136 valence electrons. The Morgan fingerprint density at radius 3 is 3.08 bits per heavy atom. The van der Waals surface area contributed by atoms with Gasteiger partial charge in [-0.15, -0.1) is 5.10 Å². The summed E-state index contributed by atoms with van der Waals surface area (Å²) >= 11 is 0. The summed E-state index contributed by atoms with van der Waals surface area (Å²) in [5.41, 5.74) is 0.681. The lowest BCUT2D eigenvalue weighted by Gasteiger charge is -2.14. The second kappa shape index (κ2) is 7.17. The average Bonchev–Trinajstić information content (AvgIpc) is 3.20. The fourth-order valence-electron chi connectivity index (χ4n) is 2.46. The van der Waals surface area contributed by atoms with Crippen molar-refractivity contribution >= 4 is 23.9 Å². The molecular weight excluding hydrogens is 347 g/mol. The van der Waals surface area contributed by atoms with Gasteiger partial charge in [0, 0.05) is 6.92 Å². The SMILES string of the molecule is CC(=O)NC[C@H]1CN(c2ccc(-n3cc(/C=N\O)nn3)c(F)c2)C(=O)O1. The molecule has 0 radical (unpaired) electrons. The number of oxime groups is 1. The van der Waals surface area contributed by atoms with Crippen molar-refractivity contribution in [2.24, 2.45) is 5.16 Å². The van der Waals surface area contributed by atoms with Crippen LogP contribution in [0.25, 0.3) is 5.69 Å². The Morgan fingerprint density at radius 1 is 1.58 bits per heavy atom. The van der Waals surface area contributed by atoms with Crippen molar-refractivity contribution in [3.63, 3.8) is 0 Å². The molecule has 1 saturated heterocycles. The second-order valence-electron chi connectivity index (χ2n) is 5.52. The van der Waals surface area contributed by atoms with Crippen LogP contribution in [0, 0.1) is 5.82 Å². The fourth-order valence-corrected chi connectivity index (χ4v) is 2.46. The van der Waals surface area contributed by atoms with Crippen molar-refractivity contribution in [3.8, 4) is 5.69 Å². The highest BCUT2D eigenvalue weighted by Crippen LogP contribution is 2.25. The summed E-state index contributed by atoms with van der Waals surface area (Å²) in [5.74, 6) is -0.855. The summed E-state index contributed by atoms with van der Waals surface area (Å²) in [6.45, 7) is 1.75. The van der Waals surface area contributed by atoms with Crippen molar-refractivity contribution in [1.82, 2.24) is 20.3 Å². The molecule has 1 atom stereocenters. The van der Waals surface area contributed by atoms with E-state index < -0.39 is 18.0 Å². The van der Waals surface area contributed by atoms with Crippen molar-refractivity contribution in [1.29, 1.82) is 0 Å². The van der Waals surface area contributed by atoms with E-state index >= 15 is 0 Å². The number of carbonyl (C=O) groups excluding carboxylic acids is 2. The molecule has 26 heavy (non-hydrogen) atoms. The smallest absolute Gasteiger partial charge is 0.414 e. The van der Waals surface area contributed by atoms with Crippen LogP contribution in [0.3, 0.4) is 0 Å². The predicted octanol–water partition coefficient (Wildman–Crippen LogP) is 0.676. The van der Waals surface area contributed by atoms with Gasteiger partial charge in [-0.3, -0.25) is 9.69 Å². The molecule has 0 aliphatic carbocycles. The lowest BCUT2D eigenvalue weighted by Crippen LogP contribution is -2.33. The van der Waals surface area contributed by atoms with Gasteiger partial charge in [0.05, 0.1) is 31.2 Å². The summed E-state index contributed by atoms with van der Waals surface area (Å²) < 4.78 is 20.8. The average molecular weight is 362 g/mol. The lowest BCUT2D eigenvalue weighted by molar-refractivity contribution is -0.119. The van der Waals surface area contributed by atoms with Gasteiger partial charge < -0.3 is 15.3 Å². The topological polar surface area (TPSA) is 122 Å². The van der Waals surface area contributed by atoms with Crippen LogP contribution in [-0.2, 0) is 9.53 Å². The van der Waals surface area contributed by atoms with E-state index in [4.69, 9.17) is 9.94 Å². The third-order valence-corrected chi connectivity index (χ3v) is 3.64. The number of nitrogens with one attached hydrogen (secondary N) is 1. The van der Waals surface area contributed by atoms with Crippen molar-refractivity contribution in [3.05, 3.63) is 35.9 Å². The Balaban J connectivity index is 1.76. The minimum atomic E-state index is -0.627. The van der Waals surface area contributed by atoms with Crippen molar-refractivity contribution in [2.75, 3.05) is 18.0 Å².